The van der Waals surface area contributed by atoms with Crippen LogP contribution in [-0.4, -0.2) is 39.7 Å². The fraction of sp³-hybridized carbons (Fsp3) is 1.00. The standard InChI is InChI=1S/C6H12N2O2S/c1-11(9,10)5-6(4-8-5)2-7-3-6/h5,7-8H,2-4H2,1H3. The monoisotopic (exact) mass is 176 g/mol. The minimum Gasteiger partial charge on any atom is -0.315 e. The third-order valence-electron chi connectivity index (χ3n) is 2.58. The normalized spacial score (nSPS) is 34.5. The summed E-state index contributed by atoms with van der Waals surface area (Å²) in [5.41, 5.74) is 0.0353. The maximum atomic E-state index is 11.1. The molecular weight excluding hydrogens is 164 g/mol. The lowest BCUT2D eigenvalue weighted by Gasteiger charge is -2.55. The van der Waals surface area contributed by atoms with Crippen molar-refractivity contribution in [1.82, 2.24) is 10.6 Å². The zero-order valence-electron chi connectivity index (χ0n) is 6.42. The Kier molecular flexibility index (Phi) is 1.34. The van der Waals surface area contributed by atoms with Crippen LogP contribution in [0.15, 0.2) is 0 Å². The molecule has 11 heavy (non-hydrogen) atoms. The molecule has 2 fully saturated rings. The molecule has 1 spiro atoms. The van der Waals surface area contributed by atoms with Crippen molar-refractivity contribution in [1.29, 1.82) is 0 Å². The van der Waals surface area contributed by atoms with Crippen LogP contribution in [0.2, 0.25) is 0 Å². The van der Waals surface area contributed by atoms with E-state index in [0.29, 0.717) is 0 Å². The highest BCUT2D eigenvalue weighted by Gasteiger charge is 2.55. The molecule has 0 saturated carbocycles. The van der Waals surface area contributed by atoms with Gasteiger partial charge in [0.15, 0.2) is 9.84 Å². The molecule has 4 nitrogen and oxygen atoms in total. The summed E-state index contributed by atoms with van der Waals surface area (Å²) in [6.45, 7) is 2.53. The molecule has 1 unspecified atom stereocenters. The summed E-state index contributed by atoms with van der Waals surface area (Å²) in [6, 6.07) is 0. The van der Waals surface area contributed by atoms with Crippen LogP contribution in [0.1, 0.15) is 0 Å². The molecule has 0 aromatic rings. The van der Waals surface area contributed by atoms with Crippen LogP contribution in [0.25, 0.3) is 0 Å². The summed E-state index contributed by atoms with van der Waals surface area (Å²) in [5.74, 6) is 0. The Morgan fingerprint density at radius 3 is 2.09 bits per heavy atom. The molecule has 1 atom stereocenters. The third-order valence-corrected chi connectivity index (χ3v) is 4.10. The van der Waals surface area contributed by atoms with Gasteiger partial charge in [0.2, 0.25) is 0 Å². The van der Waals surface area contributed by atoms with Crippen molar-refractivity contribution < 1.29 is 8.42 Å². The minimum atomic E-state index is -2.89. The number of rotatable bonds is 1. The molecule has 2 rings (SSSR count). The first-order chi connectivity index (χ1) is 5.05. The Labute approximate surface area is 66.3 Å². The SMILES string of the molecule is CS(=O)(=O)C1NCC12CNC2. The van der Waals surface area contributed by atoms with E-state index >= 15 is 0 Å². The number of hydrogen-bond donors (Lipinski definition) is 2. The first-order valence-electron chi connectivity index (χ1n) is 3.68. The van der Waals surface area contributed by atoms with E-state index in [1.165, 1.54) is 6.26 Å². The van der Waals surface area contributed by atoms with Crippen molar-refractivity contribution >= 4 is 9.84 Å². The molecule has 2 N–H and O–H groups in total. The highest BCUT2D eigenvalue weighted by atomic mass is 32.2. The Bertz CT molecular complexity index is 263. The Morgan fingerprint density at radius 1 is 1.36 bits per heavy atom. The molecule has 5 heteroatoms. The smallest absolute Gasteiger partial charge is 0.163 e. The first-order valence-corrected chi connectivity index (χ1v) is 5.63. The predicted molar refractivity (Wildman–Crippen MR) is 41.9 cm³/mol. The van der Waals surface area contributed by atoms with Gasteiger partial charge in [0.1, 0.15) is 5.37 Å². The Balaban J connectivity index is 2.18. The van der Waals surface area contributed by atoms with Gasteiger partial charge in [0, 0.05) is 31.3 Å². The molecule has 2 aliphatic rings. The number of hydrogen-bond acceptors (Lipinski definition) is 4. The maximum Gasteiger partial charge on any atom is 0.163 e. The highest BCUT2D eigenvalue weighted by Crippen LogP contribution is 2.35. The fourth-order valence-electron chi connectivity index (χ4n) is 1.84. The van der Waals surface area contributed by atoms with Gasteiger partial charge in [-0.2, -0.15) is 0 Å². The van der Waals surface area contributed by atoms with Crippen molar-refractivity contribution in [2.45, 2.75) is 5.37 Å². The minimum absolute atomic E-state index is 0.0353. The van der Waals surface area contributed by atoms with Crippen LogP contribution in [0, 0.1) is 5.41 Å². The van der Waals surface area contributed by atoms with Crippen LogP contribution < -0.4 is 10.6 Å². The zero-order chi connectivity index (χ0) is 8.11. The van der Waals surface area contributed by atoms with Gasteiger partial charge in [-0.05, 0) is 0 Å². The van der Waals surface area contributed by atoms with Gasteiger partial charge in [-0.1, -0.05) is 0 Å². The van der Waals surface area contributed by atoms with E-state index < -0.39 is 9.84 Å². The van der Waals surface area contributed by atoms with Crippen LogP contribution in [0.3, 0.4) is 0 Å². The predicted octanol–water partition coefficient (Wildman–Crippen LogP) is -1.45. The molecule has 2 aliphatic heterocycles. The molecule has 0 bridgehead atoms. The lowest BCUT2D eigenvalue weighted by Crippen LogP contribution is -2.77. The fourth-order valence-corrected chi connectivity index (χ4v) is 3.38. The number of nitrogens with one attached hydrogen (secondary N) is 2. The molecule has 0 aliphatic carbocycles. The zero-order valence-corrected chi connectivity index (χ0v) is 7.24. The molecule has 2 heterocycles. The Hall–Kier alpha value is -0.130. The van der Waals surface area contributed by atoms with E-state index in [4.69, 9.17) is 0 Å². The van der Waals surface area contributed by atoms with Crippen molar-refractivity contribution in [3.05, 3.63) is 0 Å². The summed E-state index contributed by atoms with van der Waals surface area (Å²) in [5, 5.41) is 5.76. The molecule has 2 saturated heterocycles. The van der Waals surface area contributed by atoms with E-state index in [1.807, 2.05) is 0 Å². The van der Waals surface area contributed by atoms with Crippen LogP contribution in [-0.2, 0) is 9.84 Å². The van der Waals surface area contributed by atoms with E-state index in [-0.39, 0.29) is 10.8 Å². The lowest BCUT2D eigenvalue weighted by atomic mass is 9.76. The van der Waals surface area contributed by atoms with Gasteiger partial charge in [-0.3, -0.25) is 5.32 Å². The molecule has 0 aromatic carbocycles. The highest BCUT2D eigenvalue weighted by molar-refractivity contribution is 7.91. The van der Waals surface area contributed by atoms with Gasteiger partial charge in [-0.15, -0.1) is 0 Å². The third kappa shape index (κ3) is 0.913. The Morgan fingerprint density at radius 2 is 2.00 bits per heavy atom. The van der Waals surface area contributed by atoms with Gasteiger partial charge >= 0.3 is 0 Å². The molecule has 0 aromatic heterocycles. The second kappa shape index (κ2) is 1.97. The lowest BCUT2D eigenvalue weighted by molar-refractivity contribution is 0.0645. The summed E-state index contributed by atoms with van der Waals surface area (Å²) in [6.07, 6.45) is 1.30. The van der Waals surface area contributed by atoms with Crippen molar-refractivity contribution in [2.24, 2.45) is 5.41 Å². The topological polar surface area (TPSA) is 58.2 Å². The van der Waals surface area contributed by atoms with Crippen LogP contribution in [0.4, 0.5) is 0 Å². The van der Waals surface area contributed by atoms with Gasteiger partial charge in [0.05, 0.1) is 0 Å². The maximum absolute atomic E-state index is 11.1. The quantitative estimate of drug-likeness (QED) is 0.513. The summed E-state index contributed by atoms with van der Waals surface area (Å²) in [7, 11) is -2.89. The van der Waals surface area contributed by atoms with Crippen molar-refractivity contribution in [3.63, 3.8) is 0 Å². The van der Waals surface area contributed by atoms with E-state index in [0.717, 1.165) is 19.6 Å². The van der Waals surface area contributed by atoms with Gasteiger partial charge in [-0.25, -0.2) is 8.42 Å². The molecule has 64 valence electrons. The van der Waals surface area contributed by atoms with Crippen LogP contribution in [0.5, 0.6) is 0 Å². The van der Waals surface area contributed by atoms with E-state index in [1.54, 1.807) is 0 Å². The second-order valence-corrected chi connectivity index (χ2v) is 5.69. The average Bonchev–Trinajstić information content (AvgIpc) is 1.49. The number of sulfone groups is 1. The second-order valence-electron chi connectivity index (χ2n) is 3.56. The van der Waals surface area contributed by atoms with Gasteiger partial charge in [0.25, 0.3) is 0 Å². The van der Waals surface area contributed by atoms with Gasteiger partial charge < -0.3 is 5.32 Å². The summed E-state index contributed by atoms with van der Waals surface area (Å²) in [4.78, 5) is 0. The summed E-state index contributed by atoms with van der Waals surface area (Å²) < 4.78 is 22.3. The molecular formula is C6H12N2O2S. The summed E-state index contributed by atoms with van der Waals surface area (Å²) >= 11 is 0. The molecule has 0 amide bonds. The largest absolute Gasteiger partial charge is 0.315 e. The average molecular weight is 176 g/mol. The van der Waals surface area contributed by atoms with Crippen molar-refractivity contribution in [2.75, 3.05) is 25.9 Å². The van der Waals surface area contributed by atoms with Crippen molar-refractivity contribution in [3.8, 4) is 0 Å². The van der Waals surface area contributed by atoms with Crippen LogP contribution >= 0.6 is 0 Å². The molecule has 0 radical (unpaired) electrons. The van der Waals surface area contributed by atoms with E-state index in [9.17, 15) is 8.42 Å². The first kappa shape index (κ1) is 7.52. The van der Waals surface area contributed by atoms with E-state index in [2.05, 4.69) is 10.6 Å².